The molecule has 0 amide bonds. The molecule has 2 fully saturated rings. The predicted octanol–water partition coefficient (Wildman–Crippen LogP) is 3.27. The third-order valence-electron chi connectivity index (χ3n) is 7.83. The molecule has 7 heteroatoms. The second-order valence-corrected chi connectivity index (χ2v) is 9.85. The Labute approximate surface area is 194 Å². The number of pyridine rings is 1. The number of β-amino-alcohol motifs (C(OH)–C–C–N with tert-alkyl or cyclic N) is 1. The molecule has 0 radical (unpaired) electrons. The number of benzene rings is 1. The van der Waals surface area contributed by atoms with Gasteiger partial charge in [-0.3, -0.25) is 0 Å². The molecule has 4 heterocycles. The number of ether oxygens (including phenoxy) is 1. The molecule has 0 saturated carbocycles. The Balaban J connectivity index is 1.20. The molecule has 3 aliphatic rings. The summed E-state index contributed by atoms with van der Waals surface area (Å²) >= 11 is 0. The highest BCUT2D eigenvalue weighted by Gasteiger charge is 2.41. The van der Waals surface area contributed by atoms with Crippen molar-refractivity contribution in [2.45, 2.75) is 45.8 Å². The molecule has 1 aromatic heterocycles. The maximum Gasteiger partial charge on any atom is 0.338 e. The first-order valence-corrected chi connectivity index (χ1v) is 11.7. The molecule has 3 aliphatic heterocycles. The Kier molecular flexibility index (Phi) is 5.59. The number of aryl methyl sites for hydroxylation is 1. The van der Waals surface area contributed by atoms with E-state index in [0.29, 0.717) is 29.7 Å². The number of cyclic esters (lactones) is 1. The average Bonchev–Trinajstić information content (AvgIpc) is 3.40. The van der Waals surface area contributed by atoms with Gasteiger partial charge in [-0.2, -0.15) is 5.26 Å². The number of hydrogen-bond acceptors (Lipinski definition) is 7. The standard InChI is InChI=1S/C26H30N4O3/c1-17-11-19(12-27)13-28-24(17)30-10-7-26(16-30)5-8-29(9-6-26)14-23(31)20-3-4-21-22(18(20)2)15-33-25(21)32/h3-4,11,13,23,31H,5-10,14-16H2,1-2H3. The molecule has 0 aliphatic carbocycles. The zero-order valence-electron chi connectivity index (χ0n) is 19.3. The molecule has 1 unspecified atom stereocenters. The number of fused-ring (bicyclic) bond motifs is 1. The second-order valence-electron chi connectivity index (χ2n) is 9.85. The maximum atomic E-state index is 11.8. The van der Waals surface area contributed by atoms with Crippen molar-refractivity contribution in [3.8, 4) is 6.07 Å². The SMILES string of the molecule is Cc1cc(C#N)cnc1N1CCC2(CCN(CC(O)c3ccc4c(c3C)COC4=O)CC2)C1. The number of aliphatic hydroxyl groups excluding tert-OH is 1. The quantitative estimate of drug-likeness (QED) is 0.721. The van der Waals surface area contributed by atoms with E-state index in [2.05, 4.69) is 20.9 Å². The topological polar surface area (TPSA) is 89.7 Å². The highest BCUT2D eigenvalue weighted by molar-refractivity contribution is 5.93. The van der Waals surface area contributed by atoms with E-state index in [-0.39, 0.29) is 5.97 Å². The fourth-order valence-corrected chi connectivity index (χ4v) is 5.77. The Bertz CT molecular complexity index is 1130. The minimum absolute atomic E-state index is 0.271. The first-order chi connectivity index (χ1) is 15.9. The second kappa shape index (κ2) is 8.44. The lowest BCUT2D eigenvalue weighted by atomic mass is 9.77. The van der Waals surface area contributed by atoms with Gasteiger partial charge in [-0.25, -0.2) is 9.78 Å². The van der Waals surface area contributed by atoms with Crippen molar-refractivity contribution in [2.24, 2.45) is 5.41 Å². The molecule has 2 aromatic rings. The van der Waals surface area contributed by atoms with Crippen LogP contribution in [0, 0.1) is 30.6 Å². The number of aliphatic hydroxyl groups is 1. The number of carbonyl (C=O) groups excluding carboxylic acids is 1. The zero-order valence-corrected chi connectivity index (χ0v) is 19.3. The smallest absolute Gasteiger partial charge is 0.338 e. The third-order valence-corrected chi connectivity index (χ3v) is 7.83. The minimum atomic E-state index is -0.578. The molecule has 0 bridgehead atoms. The number of likely N-dealkylation sites (tertiary alicyclic amines) is 1. The molecular formula is C26H30N4O3. The Morgan fingerprint density at radius 1 is 1.24 bits per heavy atom. The number of aromatic nitrogens is 1. The van der Waals surface area contributed by atoms with Gasteiger partial charge in [-0.15, -0.1) is 0 Å². The average molecular weight is 447 g/mol. The Hall–Kier alpha value is -2.95. The highest BCUT2D eigenvalue weighted by Crippen LogP contribution is 2.42. The minimum Gasteiger partial charge on any atom is -0.457 e. The summed E-state index contributed by atoms with van der Waals surface area (Å²) in [5, 5.41) is 20.1. The van der Waals surface area contributed by atoms with Crippen LogP contribution in [0.3, 0.4) is 0 Å². The van der Waals surface area contributed by atoms with Crippen molar-refractivity contribution in [3.63, 3.8) is 0 Å². The van der Waals surface area contributed by atoms with Crippen LogP contribution in [0.4, 0.5) is 5.82 Å². The van der Waals surface area contributed by atoms with Crippen molar-refractivity contribution in [1.29, 1.82) is 5.26 Å². The number of anilines is 1. The number of nitrogens with zero attached hydrogens (tertiary/aromatic N) is 4. The van der Waals surface area contributed by atoms with Crippen LogP contribution in [0.1, 0.15) is 63.5 Å². The lowest BCUT2D eigenvalue weighted by molar-refractivity contribution is 0.0534. The van der Waals surface area contributed by atoms with Gasteiger partial charge in [-0.05, 0) is 80.4 Å². The lowest BCUT2D eigenvalue weighted by Gasteiger charge is -2.40. The predicted molar refractivity (Wildman–Crippen MR) is 124 cm³/mol. The van der Waals surface area contributed by atoms with E-state index in [1.165, 1.54) is 0 Å². The van der Waals surface area contributed by atoms with Gasteiger partial charge >= 0.3 is 5.97 Å². The van der Waals surface area contributed by atoms with Crippen molar-refractivity contribution in [2.75, 3.05) is 37.6 Å². The van der Waals surface area contributed by atoms with Crippen LogP contribution in [0.15, 0.2) is 24.4 Å². The van der Waals surface area contributed by atoms with Crippen LogP contribution < -0.4 is 4.90 Å². The molecule has 7 nitrogen and oxygen atoms in total. The van der Waals surface area contributed by atoms with Crippen LogP contribution in [0.5, 0.6) is 0 Å². The van der Waals surface area contributed by atoms with Gasteiger partial charge in [0, 0.05) is 31.4 Å². The first-order valence-electron chi connectivity index (χ1n) is 11.7. The van der Waals surface area contributed by atoms with Gasteiger partial charge in [0.2, 0.25) is 0 Å². The number of esters is 1. The van der Waals surface area contributed by atoms with Gasteiger partial charge in [0.1, 0.15) is 18.5 Å². The van der Waals surface area contributed by atoms with Gasteiger partial charge in [0.15, 0.2) is 0 Å². The van der Waals surface area contributed by atoms with E-state index >= 15 is 0 Å². The number of piperidine rings is 1. The summed E-state index contributed by atoms with van der Waals surface area (Å²) < 4.78 is 5.15. The Morgan fingerprint density at radius 3 is 2.73 bits per heavy atom. The van der Waals surface area contributed by atoms with Gasteiger partial charge in [-0.1, -0.05) is 6.07 Å². The molecular weight excluding hydrogens is 416 g/mol. The zero-order chi connectivity index (χ0) is 23.2. The van der Waals surface area contributed by atoms with Gasteiger partial charge < -0.3 is 19.6 Å². The van der Waals surface area contributed by atoms with Gasteiger partial charge in [0.05, 0.1) is 17.2 Å². The molecule has 33 heavy (non-hydrogen) atoms. The summed E-state index contributed by atoms with van der Waals surface area (Å²) in [6.45, 7) is 8.84. The van der Waals surface area contributed by atoms with E-state index in [1.807, 2.05) is 26.0 Å². The monoisotopic (exact) mass is 446 g/mol. The molecule has 5 rings (SSSR count). The molecule has 1 atom stereocenters. The molecule has 2 saturated heterocycles. The summed E-state index contributed by atoms with van der Waals surface area (Å²) in [6.07, 6.45) is 4.46. The van der Waals surface area contributed by atoms with Crippen molar-refractivity contribution in [3.05, 3.63) is 57.8 Å². The lowest BCUT2D eigenvalue weighted by Crippen LogP contribution is -2.43. The molecule has 1 aromatic carbocycles. The highest BCUT2D eigenvalue weighted by atomic mass is 16.5. The van der Waals surface area contributed by atoms with E-state index in [1.54, 1.807) is 12.3 Å². The van der Waals surface area contributed by atoms with Crippen LogP contribution in [0.25, 0.3) is 0 Å². The van der Waals surface area contributed by atoms with E-state index < -0.39 is 6.10 Å². The van der Waals surface area contributed by atoms with Crippen LogP contribution in [-0.2, 0) is 11.3 Å². The van der Waals surface area contributed by atoms with E-state index in [9.17, 15) is 9.90 Å². The first kappa shape index (κ1) is 21.9. The van der Waals surface area contributed by atoms with Gasteiger partial charge in [0.25, 0.3) is 0 Å². The number of hydrogen-bond donors (Lipinski definition) is 1. The van der Waals surface area contributed by atoms with Crippen molar-refractivity contribution < 1.29 is 14.6 Å². The van der Waals surface area contributed by atoms with Crippen LogP contribution >= 0.6 is 0 Å². The summed E-state index contributed by atoms with van der Waals surface area (Å²) in [5.74, 6) is 0.728. The Morgan fingerprint density at radius 2 is 2.00 bits per heavy atom. The summed E-state index contributed by atoms with van der Waals surface area (Å²) in [4.78, 5) is 21.1. The van der Waals surface area contributed by atoms with E-state index in [0.717, 1.165) is 73.5 Å². The normalized spacial score (nSPS) is 20.5. The number of carbonyl (C=O) groups is 1. The van der Waals surface area contributed by atoms with Crippen molar-refractivity contribution >= 4 is 11.8 Å². The van der Waals surface area contributed by atoms with Crippen molar-refractivity contribution in [1.82, 2.24) is 9.88 Å². The fraction of sp³-hybridized carbons (Fsp3) is 0.500. The van der Waals surface area contributed by atoms with Crippen LogP contribution in [0.2, 0.25) is 0 Å². The molecule has 1 spiro atoms. The summed E-state index contributed by atoms with van der Waals surface area (Å²) in [6, 6.07) is 7.74. The maximum absolute atomic E-state index is 11.8. The number of rotatable bonds is 4. The number of nitriles is 1. The van der Waals surface area contributed by atoms with E-state index in [4.69, 9.17) is 10.00 Å². The molecule has 1 N–H and O–H groups in total. The van der Waals surface area contributed by atoms with Crippen LogP contribution in [-0.4, -0.2) is 53.7 Å². The summed E-state index contributed by atoms with van der Waals surface area (Å²) in [7, 11) is 0. The fourth-order valence-electron chi connectivity index (χ4n) is 5.77. The summed E-state index contributed by atoms with van der Waals surface area (Å²) in [5.41, 5.74) is 5.36. The third kappa shape index (κ3) is 3.98. The molecule has 172 valence electrons. The largest absolute Gasteiger partial charge is 0.457 e.